The van der Waals surface area contributed by atoms with Crippen LogP contribution in [0.1, 0.15) is 37.1 Å². The first kappa shape index (κ1) is 19.8. The van der Waals surface area contributed by atoms with Gasteiger partial charge in [-0.2, -0.15) is 10.2 Å². The van der Waals surface area contributed by atoms with E-state index >= 15 is 0 Å². The molecule has 3 rings (SSSR count). The topological polar surface area (TPSA) is 62.4 Å². The van der Waals surface area contributed by atoms with Crippen LogP contribution in [-0.4, -0.2) is 25.6 Å². The maximum absolute atomic E-state index is 10.8. The van der Waals surface area contributed by atoms with Gasteiger partial charge in [0, 0.05) is 18.2 Å². The van der Waals surface area contributed by atoms with Gasteiger partial charge in [-0.25, -0.2) is 0 Å². The average molecular weight is 393 g/mol. The highest BCUT2D eigenvalue weighted by molar-refractivity contribution is 7.80. The van der Waals surface area contributed by atoms with Crippen molar-refractivity contribution in [1.29, 1.82) is 0 Å². The first-order valence-corrected chi connectivity index (χ1v) is 9.67. The monoisotopic (exact) mass is 392 g/mol. The molecule has 2 N–H and O–H groups in total. The normalized spacial score (nSPS) is 11.5. The zero-order chi connectivity index (χ0) is 20.1. The molecule has 0 spiro atoms. The number of thiocarbonyl (C=S) groups is 1. The molecular formula is C22H24N4OS. The van der Waals surface area contributed by atoms with Crippen molar-refractivity contribution in [2.45, 2.75) is 26.7 Å². The lowest BCUT2D eigenvalue weighted by molar-refractivity contribution is 0.475. The third-order valence-corrected chi connectivity index (χ3v) is 4.82. The summed E-state index contributed by atoms with van der Waals surface area (Å²) in [5, 5.41) is 19.5. The molecule has 0 bridgehead atoms. The lowest BCUT2D eigenvalue weighted by atomic mass is 10.0. The Bertz CT molecular complexity index is 991. The zero-order valence-electron chi connectivity index (χ0n) is 16.3. The molecule has 0 radical (unpaired) electrons. The van der Waals surface area contributed by atoms with Gasteiger partial charge in [0.05, 0.1) is 5.71 Å². The molecule has 1 heterocycles. The summed E-state index contributed by atoms with van der Waals surface area (Å²) in [6.45, 7) is 3.95. The van der Waals surface area contributed by atoms with Crippen LogP contribution in [0.15, 0.2) is 59.7 Å². The Morgan fingerprint density at radius 2 is 1.82 bits per heavy atom. The van der Waals surface area contributed by atoms with Crippen molar-refractivity contribution in [3.8, 4) is 17.0 Å². The molecule has 0 saturated carbocycles. The summed E-state index contributed by atoms with van der Waals surface area (Å²) in [6, 6.07) is 17.8. The fraction of sp³-hybridized carbons (Fsp3) is 0.227. The molecule has 0 atom stereocenters. The number of aromatic hydroxyl groups is 1. The van der Waals surface area contributed by atoms with Crippen molar-refractivity contribution < 1.29 is 5.11 Å². The quantitative estimate of drug-likeness (QED) is 0.370. The van der Waals surface area contributed by atoms with Crippen LogP contribution in [0, 0.1) is 0 Å². The number of hydrogen-bond donors (Lipinski definition) is 2. The molecule has 0 fully saturated rings. The van der Waals surface area contributed by atoms with Crippen LogP contribution in [0.3, 0.4) is 0 Å². The molecule has 28 heavy (non-hydrogen) atoms. The lowest BCUT2D eigenvalue weighted by Crippen LogP contribution is -2.18. The molecule has 0 amide bonds. The van der Waals surface area contributed by atoms with Crippen molar-refractivity contribution in [3.63, 3.8) is 0 Å². The Balaban J connectivity index is 1.83. The lowest BCUT2D eigenvalue weighted by Gasteiger charge is -2.05. The van der Waals surface area contributed by atoms with E-state index < -0.39 is 0 Å². The average Bonchev–Trinajstić information content (AvgIpc) is 3.01. The molecule has 144 valence electrons. The maximum atomic E-state index is 10.8. The molecule has 3 aromatic rings. The Morgan fingerprint density at radius 3 is 2.46 bits per heavy atom. The van der Waals surface area contributed by atoms with Gasteiger partial charge >= 0.3 is 0 Å². The minimum absolute atomic E-state index is 0.111. The molecule has 1 aromatic heterocycles. The van der Waals surface area contributed by atoms with Gasteiger partial charge < -0.3 is 5.11 Å². The molecule has 6 heteroatoms. The molecule has 0 unspecified atom stereocenters. The molecule has 2 aromatic carbocycles. The Labute approximate surface area is 170 Å². The van der Waals surface area contributed by atoms with Gasteiger partial charge in [0.25, 0.3) is 0 Å². The third kappa shape index (κ3) is 4.28. The van der Waals surface area contributed by atoms with Crippen molar-refractivity contribution >= 4 is 22.9 Å². The standard InChI is InChI=1S/C22H24N4OS/c1-4-8-16-11-13-17(14-12-16)20-21(27)19(25-26(20)3)15(2)23-24-22(28)18-9-6-5-7-10-18/h5-7,9-14,27H,4,8H2,1-3H3,(H,24,28)/b23-15+. The number of nitrogens with zero attached hydrogens (tertiary/aromatic N) is 3. The largest absolute Gasteiger partial charge is 0.504 e. The summed E-state index contributed by atoms with van der Waals surface area (Å²) in [4.78, 5) is 0.516. The predicted octanol–water partition coefficient (Wildman–Crippen LogP) is 4.43. The molecular weight excluding hydrogens is 368 g/mol. The van der Waals surface area contributed by atoms with E-state index in [4.69, 9.17) is 12.2 Å². The molecule has 0 saturated heterocycles. The smallest absolute Gasteiger partial charge is 0.171 e. The van der Waals surface area contributed by atoms with Crippen molar-refractivity contribution in [1.82, 2.24) is 15.2 Å². The second-order valence-corrected chi connectivity index (χ2v) is 7.03. The molecule has 5 nitrogen and oxygen atoms in total. The summed E-state index contributed by atoms with van der Waals surface area (Å²) < 4.78 is 1.67. The van der Waals surface area contributed by atoms with Gasteiger partial charge in [-0.3, -0.25) is 10.1 Å². The van der Waals surface area contributed by atoms with Gasteiger partial charge in [-0.05, 0) is 18.9 Å². The fourth-order valence-corrected chi connectivity index (χ4v) is 3.22. The van der Waals surface area contributed by atoms with Gasteiger partial charge in [-0.15, -0.1) is 0 Å². The van der Waals surface area contributed by atoms with Crippen LogP contribution >= 0.6 is 12.2 Å². The number of rotatable bonds is 6. The second-order valence-electron chi connectivity index (χ2n) is 6.62. The van der Waals surface area contributed by atoms with Crippen molar-refractivity contribution in [3.05, 3.63) is 71.4 Å². The van der Waals surface area contributed by atoms with Gasteiger partial charge in [0.1, 0.15) is 10.7 Å². The van der Waals surface area contributed by atoms with E-state index in [1.54, 1.807) is 11.6 Å². The Hall–Kier alpha value is -2.99. The summed E-state index contributed by atoms with van der Waals surface area (Å²) in [5.41, 5.74) is 7.60. The Kier molecular flexibility index (Phi) is 6.21. The van der Waals surface area contributed by atoms with Gasteiger partial charge in [-0.1, -0.05) is 80.2 Å². The van der Waals surface area contributed by atoms with E-state index in [1.807, 2.05) is 49.5 Å². The zero-order valence-corrected chi connectivity index (χ0v) is 17.1. The number of hydrogen-bond acceptors (Lipinski definition) is 4. The van der Waals surface area contributed by atoms with E-state index in [1.165, 1.54) is 5.56 Å². The number of benzene rings is 2. The van der Waals surface area contributed by atoms with Crippen LogP contribution in [-0.2, 0) is 13.5 Å². The summed E-state index contributed by atoms with van der Waals surface area (Å²) in [7, 11) is 1.81. The summed E-state index contributed by atoms with van der Waals surface area (Å²) in [5.74, 6) is 0.111. The van der Waals surface area contributed by atoms with Crippen LogP contribution in [0.5, 0.6) is 5.75 Å². The minimum atomic E-state index is 0.111. The minimum Gasteiger partial charge on any atom is -0.504 e. The molecule has 0 aliphatic carbocycles. The van der Waals surface area contributed by atoms with E-state index in [0.29, 0.717) is 22.1 Å². The Morgan fingerprint density at radius 1 is 1.14 bits per heavy atom. The highest BCUT2D eigenvalue weighted by atomic mass is 32.1. The first-order valence-electron chi connectivity index (χ1n) is 9.26. The van der Waals surface area contributed by atoms with E-state index in [0.717, 1.165) is 24.0 Å². The fourth-order valence-electron chi connectivity index (χ4n) is 3.04. The second kappa shape index (κ2) is 8.80. The number of hydrazone groups is 1. The highest BCUT2D eigenvalue weighted by Crippen LogP contribution is 2.32. The van der Waals surface area contributed by atoms with Crippen LogP contribution < -0.4 is 5.43 Å². The van der Waals surface area contributed by atoms with Crippen LogP contribution in [0.2, 0.25) is 0 Å². The van der Waals surface area contributed by atoms with E-state index in [-0.39, 0.29) is 5.75 Å². The maximum Gasteiger partial charge on any atom is 0.171 e. The number of nitrogens with one attached hydrogen (secondary N) is 1. The van der Waals surface area contributed by atoms with Crippen molar-refractivity contribution in [2.24, 2.45) is 12.1 Å². The SMILES string of the molecule is CCCc1ccc(-c2c(O)c(/C(C)=N/NC(=S)c3ccccc3)nn2C)cc1. The highest BCUT2D eigenvalue weighted by Gasteiger charge is 2.19. The van der Waals surface area contributed by atoms with Crippen LogP contribution in [0.25, 0.3) is 11.3 Å². The third-order valence-electron chi connectivity index (χ3n) is 4.49. The summed E-state index contributed by atoms with van der Waals surface area (Å²) >= 11 is 5.36. The summed E-state index contributed by atoms with van der Waals surface area (Å²) in [6.07, 6.45) is 2.15. The molecule has 0 aliphatic rings. The number of aryl methyl sites for hydroxylation is 2. The predicted molar refractivity (Wildman–Crippen MR) is 118 cm³/mol. The van der Waals surface area contributed by atoms with Gasteiger partial charge in [0.2, 0.25) is 0 Å². The number of aromatic nitrogens is 2. The van der Waals surface area contributed by atoms with E-state index in [9.17, 15) is 5.11 Å². The van der Waals surface area contributed by atoms with E-state index in [2.05, 4.69) is 34.7 Å². The molecule has 0 aliphatic heterocycles. The van der Waals surface area contributed by atoms with Crippen molar-refractivity contribution in [2.75, 3.05) is 0 Å². The van der Waals surface area contributed by atoms with Crippen LogP contribution in [0.4, 0.5) is 0 Å². The van der Waals surface area contributed by atoms with Gasteiger partial charge in [0.15, 0.2) is 11.4 Å². The first-order chi connectivity index (χ1) is 13.5.